The second kappa shape index (κ2) is 10.7. The molecule has 0 aliphatic heterocycles. The van der Waals surface area contributed by atoms with Gasteiger partial charge < -0.3 is 19.6 Å². The summed E-state index contributed by atoms with van der Waals surface area (Å²) in [6.45, 7) is 1.51. The zero-order valence-corrected chi connectivity index (χ0v) is 22.6. The van der Waals surface area contributed by atoms with Gasteiger partial charge in [-0.1, -0.05) is 23.7 Å². The number of hydrogen-bond donors (Lipinski definition) is 1. The topological polar surface area (TPSA) is 105 Å². The first-order valence-corrected chi connectivity index (χ1v) is 12.7. The van der Waals surface area contributed by atoms with Crippen LogP contribution in [0.1, 0.15) is 33.0 Å². The van der Waals surface area contributed by atoms with Crippen LogP contribution in [0.15, 0.2) is 71.8 Å². The lowest BCUT2D eigenvalue weighted by Gasteiger charge is -2.16. The minimum Gasteiger partial charge on any atom is -0.486 e. The zero-order valence-electron chi connectivity index (χ0n) is 21.9. The second-order valence-electron chi connectivity index (χ2n) is 9.35. The van der Waals surface area contributed by atoms with Gasteiger partial charge in [0.2, 0.25) is 0 Å². The van der Waals surface area contributed by atoms with Crippen LogP contribution in [0.3, 0.4) is 0 Å². The van der Waals surface area contributed by atoms with Crippen molar-refractivity contribution in [2.24, 2.45) is 12.8 Å². The van der Waals surface area contributed by atoms with Crippen LogP contribution in [0, 0.1) is 6.92 Å². The number of carbonyl (C=O) groups excluding carboxylic acids is 1. The number of amides is 1. The quantitative estimate of drug-likeness (QED) is 0.273. The van der Waals surface area contributed by atoms with Crippen molar-refractivity contribution >= 4 is 28.4 Å². The Morgan fingerprint density at radius 3 is 2.61 bits per heavy atom. The van der Waals surface area contributed by atoms with Crippen molar-refractivity contribution in [3.05, 3.63) is 111 Å². The number of carbonyl (C=O) groups is 1. The predicted molar refractivity (Wildman–Crippen MR) is 148 cm³/mol. The number of nitrogens with zero attached hydrogens (tertiary/aromatic N) is 4. The lowest BCUT2D eigenvalue weighted by molar-refractivity contribution is -0.138. The summed E-state index contributed by atoms with van der Waals surface area (Å²) >= 11 is 6.46. The first-order chi connectivity index (χ1) is 19.5. The highest BCUT2D eigenvalue weighted by Gasteiger charge is 2.34. The largest absolute Gasteiger partial charge is 0.486 e. The van der Waals surface area contributed by atoms with Crippen LogP contribution in [0.5, 0.6) is 5.75 Å². The van der Waals surface area contributed by atoms with Gasteiger partial charge in [0.05, 0.1) is 17.3 Å². The Hall–Kier alpha value is -4.64. The molecule has 41 heavy (non-hydrogen) atoms. The van der Waals surface area contributed by atoms with Crippen molar-refractivity contribution in [1.82, 2.24) is 19.1 Å². The van der Waals surface area contributed by atoms with Crippen LogP contribution in [0.4, 0.5) is 13.2 Å². The number of rotatable bonds is 7. The third kappa shape index (κ3) is 5.40. The Morgan fingerprint density at radius 2 is 1.90 bits per heavy atom. The van der Waals surface area contributed by atoms with Crippen LogP contribution in [0.2, 0.25) is 5.02 Å². The molecule has 0 spiro atoms. The summed E-state index contributed by atoms with van der Waals surface area (Å²) in [6, 6.07) is 14.2. The van der Waals surface area contributed by atoms with Gasteiger partial charge in [-0.2, -0.15) is 13.2 Å². The number of pyridine rings is 3. The van der Waals surface area contributed by atoms with E-state index in [1.165, 1.54) is 18.5 Å². The molecule has 4 heterocycles. The third-order valence-electron chi connectivity index (χ3n) is 6.69. The molecule has 0 radical (unpaired) electrons. The first kappa shape index (κ1) is 27.9. The molecule has 1 aromatic carbocycles. The van der Waals surface area contributed by atoms with E-state index in [1.807, 2.05) is 19.1 Å². The highest BCUT2D eigenvalue weighted by atomic mass is 35.5. The molecule has 4 aromatic heterocycles. The van der Waals surface area contributed by atoms with E-state index in [9.17, 15) is 22.8 Å². The van der Waals surface area contributed by atoms with Crippen molar-refractivity contribution < 1.29 is 22.7 Å². The van der Waals surface area contributed by atoms with E-state index in [0.29, 0.717) is 28.2 Å². The maximum atomic E-state index is 13.3. The summed E-state index contributed by atoms with van der Waals surface area (Å²) in [7, 11) is 1.75. The number of aromatic nitrogens is 4. The van der Waals surface area contributed by atoms with E-state index in [1.54, 1.807) is 35.9 Å². The Bertz CT molecular complexity index is 1860. The number of aryl methyl sites for hydroxylation is 1. The van der Waals surface area contributed by atoms with Crippen molar-refractivity contribution in [1.29, 1.82) is 0 Å². The van der Waals surface area contributed by atoms with Gasteiger partial charge >= 0.3 is 6.18 Å². The Labute approximate surface area is 236 Å². The van der Waals surface area contributed by atoms with Gasteiger partial charge in [-0.3, -0.25) is 14.6 Å². The number of halogens is 4. The number of alkyl halides is 3. The molecule has 0 saturated carbocycles. The van der Waals surface area contributed by atoms with E-state index >= 15 is 0 Å². The van der Waals surface area contributed by atoms with Crippen LogP contribution in [-0.4, -0.2) is 25.0 Å². The van der Waals surface area contributed by atoms with E-state index in [0.717, 1.165) is 33.3 Å². The van der Waals surface area contributed by atoms with Crippen LogP contribution < -0.4 is 16.0 Å². The summed E-state index contributed by atoms with van der Waals surface area (Å²) in [5.41, 5.74) is 6.93. The smallest absolute Gasteiger partial charge is 0.421 e. The van der Waals surface area contributed by atoms with Crippen molar-refractivity contribution in [2.45, 2.75) is 26.3 Å². The van der Waals surface area contributed by atoms with E-state index in [-0.39, 0.29) is 23.9 Å². The number of hydrogen-bond acceptors (Lipinski definition) is 5. The fraction of sp³-hybridized carbons (Fsp3) is 0.172. The van der Waals surface area contributed by atoms with Crippen molar-refractivity contribution in [3.63, 3.8) is 0 Å². The van der Waals surface area contributed by atoms with E-state index < -0.39 is 23.2 Å². The molecule has 210 valence electrons. The number of para-hydroxylation sites is 1. The summed E-state index contributed by atoms with van der Waals surface area (Å²) in [6.07, 6.45) is -2.11. The molecule has 2 N–H and O–H groups in total. The molecule has 5 aromatic rings. The normalized spacial score (nSPS) is 11.7. The molecule has 0 saturated heterocycles. The Morgan fingerprint density at radius 1 is 1.12 bits per heavy atom. The molecule has 0 atom stereocenters. The van der Waals surface area contributed by atoms with Crippen LogP contribution >= 0.6 is 11.6 Å². The summed E-state index contributed by atoms with van der Waals surface area (Å²) in [5, 5.41) is 1.04. The van der Waals surface area contributed by atoms with Gasteiger partial charge in [0.15, 0.2) is 0 Å². The number of nitrogens with two attached hydrogens (primary N) is 1. The monoisotopic (exact) mass is 581 g/mol. The second-order valence-corrected chi connectivity index (χ2v) is 9.76. The highest BCUT2D eigenvalue weighted by molar-refractivity contribution is 6.31. The first-order valence-electron chi connectivity index (χ1n) is 12.3. The van der Waals surface area contributed by atoms with Gasteiger partial charge in [0.25, 0.3) is 11.5 Å². The number of fused-ring (bicyclic) bond motifs is 1. The standard InChI is InChI=1S/C29H23ClF3N5O3/c1-16-13-18(23-8-9-24(27(34)39)37(23)2)17-5-3-7-25(26(17)36-16)41-15-19-21(30)10-11-35-22(19)14-38-12-4-6-20(28(38)40)29(31,32)33/h3-13H,14-15H2,1-2H3,(H2,34,39). The SMILES string of the molecule is Cc1cc(-c2ccc(C(N)=O)n2C)c2cccc(OCc3c(Cl)ccnc3Cn3cccc(C(F)(F)F)c3=O)c2n1. The maximum absolute atomic E-state index is 13.3. The lowest BCUT2D eigenvalue weighted by atomic mass is 10.0. The fourth-order valence-electron chi connectivity index (χ4n) is 4.69. The van der Waals surface area contributed by atoms with Crippen molar-refractivity contribution in [2.75, 3.05) is 0 Å². The minimum absolute atomic E-state index is 0.0875. The maximum Gasteiger partial charge on any atom is 0.421 e. The van der Waals surface area contributed by atoms with Gasteiger partial charge in [-0.15, -0.1) is 0 Å². The molecule has 0 aliphatic rings. The van der Waals surface area contributed by atoms with Gasteiger partial charge in [0.1, 0.15) is 29.1 Å². The molecule has 8 nitrogen and oxygen atoms in total. The molecule has 0 bridgehead atoms. The molecule has 5 rings (SSSR count). The zero-order chi connectivity index (χ0) is 29.5. The summed E-state index contributed by atoms with van der Waals surface area (Å²) in [4.78, 5) is 33.3. The van der Waals surface area contributed by atoms with E-state index in [4.69, 9.17) is 22.1 Å². The molecular weight excluding hydrogens is 559 g/mol. The van der Waals surface area contributed by atoms with Crippen molar-refractivity contribution in [3.8, 4) is 17.0 Å². The minimum atomic E-state index is -4.78. The third-order valence-corrected chi connectivity index (χ3v) is 7.04. The molecule has 1 amide bonds. The summed E-state index contributed by atoms with van der Waals surface area (Å²) in [5.74, 6) is -0.117. The average molecular weight is 582 g/mol. The van der Waals surface area contributed by atoms with Gasteiger partial charge in [-0.25, -0.2) is 4.98 Å². The Kier molecular flexibility index (Phi) is 7.31. The number of benzene rings is 1. The predicted octanol–water partition coefficient (Wildman–Crippen LogP) is 5.50. The number of primary amides is 1. The summed E-state index contributed by atoms with van der Waals surface area (Å²) < 4.78 is 48.6. The van der Waals surface area contributed by atoms with Crippen LogP contribution in [0.25, 0.3) is 22.2 Å². The molecule has 0 unspecified atom stereocenters. The Balaban J connectivity index is 1.51. The molecule has 0 fully saturated rings. The van der Waals surface area contributed by atoms with Gasteiger partial charge in [-0.05, 0) is 49.4 Å². The lowest BCUT2D eigenvalue weighted by Crippen LogP contribution is -2.28. The molecular formula is C29H23ClF3N5O3. The van der Waals surface area contributed by atoms with E-state index in [2.05, 4.69) is 9.97 Å². The number of ether oxygens (including phenoxy) is 1. The van der Waals surface area contributed by atoms with Crippen LogP contribution in [-0.2, 0) is 26.4 Å². The highest BCUT2D eigenvalue weighted by Crippen LogP contribution is 2.35. The fourth-order valence-corrected chi connectivity index (χ4v) is 4.91. The molecule has 0 aliphatic carbocycles. The molecule has 12 heteroatoms. The van der Waals surface area contributed by atoms with Gasteiger partial charge in [0, 0.05) is 47.3 Å². The average Bonchev–Trinajstić information content (AvgIpc) is 3.29.